The Bertz CT molecular complexity index is 501. The number of nitrogen functional groups attached to an aromatic ring is 2. The lowest BCUT2D eigenvalue weighted by atomic mass is 10.0. The Balaban J connectivity index is 2.36. The van der Waals surface area contributed by atoms with Crippen molar-refractivity contribution in [1.29, 1.82) is 0 Å². The van der Waals surface area contributed by atoms with Crippen molar-refractivity contribution in [2.45, 2.75) is 19.8 Å². The van der Waals surface area contributed by atoms with Crippen molar-refractivity contribution >= 4 is 11.4 Å². The Morgan fingerprint density at radius 3 is 2.29 bits per heavy atom. The first-order chi connectivity index (χ1) is 8.22. The summed E-state index contributed by atoms with van der Waals surface area (Å²) in [7, 11) is 0. The molecular formula is C15H18N2. The average Bonchev–Trinajstić information content (AvgIpc) is 2.34. The van der Waals surface area contributed by atoms with Crippen LogP contribution in [0, 0.1) is 0 Å². The van der Waals surface area contributed by atoms with Gasteiger partial charge in [-0.15, -0.1) is 0 Å². The number of para-hydroxylation sites is 1. The van der Waals surface area contributed by atoms with Crippen LogP contribution in [0.1, 0.15) is 18.9 Å². The number of benzene rings is 2. The summed E-state index contributed by atoms with van der Waals surface area (Å²) in [6.07, 6.45) is 2.28. The van der Waals surface area contributed by atoms with Crippen molar-refractivity contribution in [1.82, 2.24) is 0 Å². The third-order valence-corrected chi connectivity index (χ3v) is 2.94. The van der Waals surface area contributed by atoms with E-state index in [9.17, 15) is 0 Å². The molecule has 2 heteroatoms. The smallest absolute Gasteiger partial charge is 0.0627 e. The third kappa shape index (κ3) is 2.41. The van der Waals surface area contributed by atoms with E-state index in [1.807, 2.05) is 18.2 Å². The van der Waals surface area contributed by atoms with Crippen molar-refractivity contribution < 1.29 is 0 Å². The van der Waals surface area contributed by atoms with E-state index in [0.29, 0.717) is 11.4 Å². The zero-order chi connectivity index (χ0) is 12.3. The quantitative estimate of drug-likeness (QED) is 0.787. The van der Waals surface area contributed by atoms with Crippen molar-refractivity contribution in [3.05, 3.63) is 48.0 Å². The van der Waals surface area contributed by atoms with Gasteiger partial charge in [0, 0.05) is 5.56 Å². The first-order valence-electron chi connectivity index (χ1n) is 5.95. The van der Waals surface area contributed by atoms with Crippen molar-refractivity contribution in [2.24, 2.45) is 0 Å². The second-order valence-electron chi connectivity index (χ2n) is 4.26. The molecular weight excluding hydrogens is 208 g/mol. The second kappa shape index (κ2) is 4.91. The molecule has 0 spiro atoms. The molecule has 0 aliphatic carbocycles. The molecule has 0 saturated carbocycles. The van der Waals surface area contributed by atoms with Crippen molar-refractivity contribution in [3.63, 3.8) is 0 Å². The van der Waals surface area contributed by atoms with Gasteiger partial charge in [0.1, 0.15) is 0 Å². The average molecular weight is 226 g/mol. The fraction of sp³-hybridized carbons (Fsp3) is 0.200. The molecule has 0 saturated heterocycles. The van der Waals surface area contributed by atoms with E-state index < -0.39 is 0 Å². The molecule has 17 heavy (non-hydrogen) atoms. The first kappa shape index (κ1) is 11.5. The van der Waals surface area contributed by atoms with Gasteiger partial charge in [-0.3, -0.25) is 0 Å². The Morgan fingerprint density at radius 2 is 1.65 bits per heavy atom. The lowest BCUT2D eigenvalue weighted by Gasteiger charge is -2.09. The van der Waals surface area contributed by atoms with Gasteiger partial charge in [0.25, 0.3) is 0 Å². The third-order valence-electron chi connectivity index (χ3n) is 2.94. The molecule has 0 bridgehead atoms. The predicted octanol–water partition coefficient (Wildman–Crippen LogP) is 3.47. The van der Waals surface area contributed by atoms with E-state index in [4.69, 9.17) is 11.5 Å². The molecule has 0 fully saturated rings. The highest BCUT2D eigenvalue weighted by molar-refractivity contribution is 5.84. The summed E-state index contributed by atoms with van der Waals surface area (Å²) < 4.78 is 0. The molecule has 2 rings (SSSR count). The lowest BCUT2D eigenvalue weighted by Crippen LogP contribution is -1.96. The predicted molar refractivity (Wildman–Crippen MR) is 74.7 cm³/mol. The van der Waals surface area contributed by atoms with Gasteiger partial charge in [0.05, 0.1) is 11.4 Å². The van der Waals surface area contributed by atoms with Gasteiger partial charge in [-0.05, 0) is 23.6 Å². The standard InChI is InChI=1S/C15H18N2/c1-2-4-11-7-9-12(10-8-11)13-5-3-6-14(16)15(13)17/h3,5-10H,2,4,16-17H2,1H3. The Labute approximate surface area is 102 Å². The Hall–Kier alpha value is -1.96. The second-order valence-corrected chi connectivity index (χ2v) is 4.26. The van der Waals surface area contributed by atoms with Crippen LogP contribution in [0.4, 0.5) is 11.4 Å². The number of rotatable bonds is 3. The zero-order valence-corrected chi connectivity index (χ0v) is 10.1. The molecule has 0 aliphatic heterocycles. The SMILES string of the molecule is CCCc1ccc(-c2cccc(N)c2N)cc1. The summed E-state index contributed by atoms with van der Waals surface area (Å²) in [5.74, 6) is 0. The van der Waals surface area contributed by atoms with E-state index >= 15 is 0 Å². The van der Waals surface area contributed by atoms with Crippen LogP contribution in [-0.2, 0) is 6.42 Å². The highest BCUT2D eigenvalue weighted by atomic mass is 14.7. The molecule has 0 atom stereocenters. The van der Waals surface area contributed by atoms with Crippen LogP contribution in [0.5, 0.6) is 0 Å². The molecule has 2 nitrogen and oxygen atoms in total. The Morgan fingerprint density at radius 1 is 0.941 bits per heavy atom. The van der Waals surface area contributed by atoms with Gasteiger partial charge in [0.2, 0.25) is 0 Å². The summed E-state index contributed by atoms with van der Waals surface area (Å²) in [6.45, 7) is 2.18. The molecule has 0 aliphatic rings. The molecule has 88 valence electrons. The fourth-order valence-corrected chi connectivity index (χ4v) is 1.97. The van der Waals surface area contributed by atoms with Crippen molar-refractivity contribution in [3.8, 4) is 11.1 Å². The van der Waals surface area contributed by atoms with Crippen LogP contribution < -0.4 is 11.5 Å². The molecule has 0 unspecified atom stereocenters. The fourth-order valence-electron chi connectivity index (χ4n) is 1.97. The highest BCUT2D eigenvalue weighted by Crippen LogP contribution is 2.30. The van der Waals surface area contributed by atoms with Gasteiger partial charge < -0.3 is 11.5 Å². The van der Waals surface area contributed by atoms with Crippen LogP contribution in [0.15, 0.2) is 42.5 Å². The number of anilines is 2. The molecule has 0 heterocycles. The minimum Gasteiger partial charge on any atom is -0.397 e. The summed E-state index contributed by atoms with van der Waals surface area (Å²) in [6, 6.07) is 14.3. The summed E-state index contributed by atoms with van der Waals surface area (Å²) in [5.41, 5.74) is 16.6. The molecule has 0 aromatic heterocycles. The van der Waals surface area contributed by atoms with Crippen molar-refractivity contribution in [2.75, 3.05) is 11.5 Å². The largest absolute Gasteiger partial charge is 0.397 e. The van der Waals surface area contributed by atoms with Crippen LogP contribution in [0.2, 0.25) is 0 Å². The molecule has 2 aromatic rings. The van der Waals surface area contributed by atoms with Crippen LogP contribution >= 0.6 is 0 Å². The zero-order valence-electron chi connectivity index (χ0n) is 10.1. The minimum atomic E-state index is 0.639. The summed E-state index contributed by atoms with van der Waals surface area (Å²) in [4.78, 5) is 0. The van der Waals surface area contributed by atoms with Gasteiger partial charge in [-0.1, -0.05) is 49.7 Å². The molecule has 0 amide bonds. The lowest BCUT2D eigenvalue weighted by molar-refractivity contribution is 0.922. The maximum atomic E-state index is 5.99. The monoisotopic (exact) mass is 226 g/mol. The van der Waals surface area contributed by atoms with Crippen LogP contribution in [0.25, 0.3) is 11.1 Å². The molecule has 4 N–H and O–H groups in total. The number of nitrogens with two attached hydrogens (primary N) is 2. The van der Waals surface area contributed by atoms with E-state index in [-0.39, 0.29) is 0 Å². The normalized spacial score (nSPS) is 10.4. The first-order valence-corrected chi connectivity index (χ1v) is 5.95. The van der Waals surface area contributed by atoms with Gasteiger partial charge in [0.15, 0.2) is 0 Å². The maximum Gasteiger partial charge on any atom is 0.0627 e. The van der Waals surface area contributed by atoms with E-state index in [1.54, 1.807) is 0 Å². The van der Waals surface area contributed by atoms with Gasteiger partial charge in [-0.2, -0.15) is 0 Å². The summed E-state index contributed by atoms with van der Waals surface area (Å²) >= 11 is 0. The van der Waals surface area contributed by atoms with E-state index in [2.05, 4.69) is 31.2 Å². The van der Waals surface area contributed by atoms with E-state index in [1.165, 1.54) is 12.0 Å². The maximum absolute atomic E-state index is 5.99. The van der Waals surface area contributed by atoms with Crippen LogP contribution in [0.3, 0.4) is 0 Å². The molecule has 2 aromatic carbocycles. The highest BCUT2D eigenvalue weighted by Gasteiger charge is 2.04. The molecule has 0 radical (unpaired) electrons. The van der Waals surface area contributed by atoms with E-state index in [0.717, 1.165) is 17.5 Å². The Kier molecular flexibility index (Phi) is 3.33. The van der Waals surface area contributed by atoms with Gasteiger partial charge in [-0.25, -0.2) is 0 Å². The number of aryl methyl sites for hydroxylation is 1. The minimum absolute atomic E-state index is 0.639. The number of hydrogen-bond acceptors (Lipinski definition) is 2. The van der Waals surface area contributed by atoms with Gasteiger partial charge >= 0.3 is 0 Å². The topological polar surface area (TPSA) is 52.0 Å². The summed E-state index contributed by atoms with van der Waals surface area (Å²) in [5, 5.41) is 0. The van der Waals surface area contributed by atoms with Crippen LogP contribution in [-0.4, -0.2) is 0 Å². The number of hydrogen-bond donors (Lipinski definition) is 2.